The zero-order valence-corrected chi connectivity index (χ0v) is 19.8. The maximum atomic E-state index is 2.37. The van der Waals surface area contributed by atoms with Gasteiger partial charge in [-0.2, -0.15) is 0 Å². The highest BCUT2D eigenvalue weighted by Crippen LogP contribution is 2.50. The summed E-state index contributed by atoms with van der Waals surface area (Å²) in [5.74, 6) is 0. The molecule has 7 aromatic carbocycles. The Balaban J connectivity index is 1.49. The normalized spacial score (nSPS) is 12.5. The van der Waals surface area contributed by atoms with Crippen LogP contribution in [0.5, 0.6) is 0 Å². The first kappa shape index (κ1) is 19.3. The van der Waals surface area contributed by atoms with E-state index in [0.717, 1.165) is 0 Å². The molecule has 0 fully saturated rings. The van der Waals surface area contributed by atoms with Crippen LogP contribution in [0.2, 0.25) is 0 Å². The second-order valence-electron chi connectivity index (χ2n) is 9.33. The fraction of sp³-hybridized carbons (Fsp3) is 0. The molecule has 35 heavy (non-hydrogen) atoms. The lowest BCUT2D eigenvalue weighted by Crippen LogP contribution is -1.94. The van der Waals surface area contributed by atoms with E-state index in [0.29, 0.717) is 0 Å². The molecule has 1 heterocycles. The van der Waals surface area contributed by atoms with Crippen molar-refractivity contribution in [2.75, 3.05) is 0 Å². The maximum Gasteiger partial charge on any atom is 0.0207 e. The summed E-state index contributed by atoms with van der Waals surface area (Å²) >= 11 is 1.89. The molecule has 0 unspecified atom stereocenters. The Labute approximate surface area is 207 Å². The first-order valence-corrected chi connectivity index (χ1v) is 12.8. The minimum Gasteiger partial charge on any atom is -0.0888 e. The van der Waals surface area contributed by atoms with Gasteiger partial charge in [-0.15, -0.1) is 0 Å². The van der Waals surface area contributed by atoms with Gasteiger partial charge < -0.3 is 0 Å². The third-order valence-corrected chi connectivity index (χ3v) is 8.55. The van der Waals surface area contributed by atoms with Gasteiger partial charge in [0.25, 0.3) is 0 Å². The lowest BCUT2D eigenvalue weighted by molar-refractivity contribution is 1.40. The van der Waals surface area contributed by atoms with Crippen LogP contribution in [0, 0.1) is 0 Å². The zero-order chi connectivity index (χ0) is 22.9. The van der Waals surface area contributed by atoms with E-state index < -0.39 is 0 Å². The molecular formula is C34H20S. The van der Waals surface area contributed by atoms with Crippen LogP contribution in [0.15, 0.2) is 131 Å². The Morgan fingerprint density at radius 1 is 0.343 bits per heavy atom. The summed E-state index contributed by atoms with van der Waals surface area (Å²) in [6.07, 6.45) is 0. The summed E-state index contributed by atoms with van der Waals surface area (Å²) in [5, 5.41) is 10.5. The van der Waals surface area contributed by atoms with Gasteiger partial charge in [0.2, 0.25) is 0 Å². The van der Waals surface area contributed by atoms with Crippen LogP contribution >= 0.6 is 11.8 Å². The molecule has 0 aliphatic carbocycles. The molecule has 0 N–H and O–H groups in total. The third-order valence-electron chi connectivity index (χ3n) is 7.42. The van der Waals surface area contributed by atoms with E-state index in [2.05, 4.69) is 121 Å². The van der Waals surface area contributed by atoms with Crippen molar-refractivity contribution in [1.82, 2.24) is 0 Å². The van der Waals surface area contributed by atoms with Gasteiger partial charge in [0.05, 0.1) is 0 Å². The number of fused-ring (bicyclic) bond motifs is 6. The lowest BCUT2D eigenvalue weighted by atomic mass is 9.88. The molecule has 0 saturated heterocycles. The van der Waals surface area contributed by atoms with E-state index in [9.17, 15) is 0 Å². The second-order valence-corrected chi connectivity index (χ2v) is 10.4. The van der Waals surface area contributed by atoms with Gasteiger partial charge >= 0.3 is 0 Å². The number of rotatable bonds is 1. The van der Waals surface area contributed by atoms with Crippen molar-refractivity contribution in [3.63, 3.8) is 0 Å². The van der Waals surface area contributed by atoms with E-state index in [4.69, 9.17) is 0 Å². The molecule has 0 amide bonds. The van der Waals surface area contributed by atoms with Gasteiger partial charge in [-0.3, -0.25) is 0 Å². The zero-order valence-electron chi connectivity index (χ0n) is 19.0. The molecule has 1 aliphatic rings. The fourth-order valence-corrected chi connectivity index (χ4v) is 6.97. The largest absolute Gasteiger partial charge is 0.0888 e. The van der Waals surface area contributed by atoms with Crippen LogP contribution in [-0.2, 0) is 0 Å². The van der Waals surface area contributed by atoms with Gasteiger partial charge in [0.1, 0.15) is 0 Å². The average Bonchev–Trinajstić information content (AvgIpc) is 2.92. The van der Waals surface area contributed by atoms with Crippen molar-refractivity contribution < 1.29 is 0 Å². The number of benzene rings is 7. The smallest absolute Gasteiger partial charge is 0.0207 e. The summed E-state index contributed by atoms with van der Waals surface area (Å²) < 4.78 is 0. The highest BCUT2D eigenvalue weighted by atomic mass is 32.2. The molecule has 0 radical (unpaired) electrons. The van der Waals surface area contributed by atoms with Gasteiger partial charge in [-0.05, 0) is 84.2 Å². The van der Waals surface area contributed by atoms with E-state index in [1.807, 2.05) is 11.8 Å². The molecular weight excluding hydrogens is 440 g/mol. The van der Waals surface area contributed by atoms with Crippen molar-refractivity contribution in [1.29, 1.82) is 0 Å². The molecule has 0 aromatic heterocycles. The molecule has 7 aromatic rings. The first-order valence-electron chi connectivity index (χ1n) is 12.0. The SMILES string of the molecule is c1ccc2c(c1)Sc1ccc(-c3cccc4ccc5cc6ccccc6cc5c34)c3cccc-2c13. The summed E-state index contributed by atoms with van der Waals surface area (Å²) in [6, 6.07) is 44.8. The van der Waals surface area contributed by atoms with Crippen LogP contribution in [-0.4, -0.2) is 0 Å². The van der Waals surface area contributed by atoms with Gasteiger partial charge in [-0.1, -0.05) is 109 Å². The Kier molecular flexibility index (Phi) is 3.97. The van der Waals surface area contributed by atoms with Crippen LogP contribution in [0.4, 0.5) is 0 Å². The average molecular weight is 461 g/mol. The summed E-state index contributed by atoms with van der Waals surface area (Å²) in [4.78, 5) is 2.68. The maximum absolute atomic E-state index is 2.37. The predicted molar refractivity (Wildman–Crippen MR) is 151 cm³/mol. The predicted octanol–water partition coefficient (Wildman–Crippen LogP) is 10.1. The minimum absolute atomic E-state index is 1.28. The molecule has 0 spiro atoms. The molecule has 0 saturated carbocycles. The van der Waals surface area contributed by atoms with Crippen molar-refractivity contribution in [2.45, 2.75) is 9.79 Å². The summed E-state index contributed by atoms with van der Waals surface area (Å²) in [5.41, 5.74) is 5.28. The van der Waals surface area contributed by atoms with E-state index in [-0.39, 0.29) is 0 Å². The first-order chi connectivity index (χ1) is 17.3. The highest BCUT2D eigenvalue weighted by Gasteiger charge is 2.21. The quantitative estimate of drug-likeness (QED) is 0.173. The van der Waals surface area contributed by atoms with E-state index in [1.54, 1.807) is 0 Å². The van der Waals surface area contributed by atoms with Gasteiger partial charge in [-0.25, -0.2) is 0 Å². The molecule has 0 bridgehead atoms. The monoisotopic (exact) mass is 460 g/mol. The van der Waals surface area contributed by atoms with Gasteiger partial charge in [0, 0.05) is 15.2 Å². The van der Waals surface area contributed by atoms with Crippen LogP contribution in [0.1, 0.15) is 0 Å². The minimum atomic E-state index is 1.28. The van der Waals surface area contributed by atoms with E-state index >= 15 is 0 Å². The second kappa shape index (κ2) is 7.21. The Hall–Kier alpha value is -4.07. The third kappa shape index (κ3) is 2.76. The Bertz CT molecular complexity index is 1980. The van der Waals surface area contributed by atoms with Crippen LogP contribution in [0.3, 0.4) is 0 Å². The number of hydrogen-bond acceptors (Lipinski definition) is 1. The Morgan fingerprint density at radius 3 is 1.94 bits per heavy atom. The lowest BCUT2D eigenvalue weighted by Gasteiger charge is -2.22. The Morgan fingerprint density at radius 2 is 1.03 bits per heavy atom. The van der Waals surface area contributed by atoms with Crippen molar-refractivity contribution >= 4 is 54.9 Å². The van der Waals surface area contributed by atoms with Crippen molar-refractivity contribution in [3.8, 4) is 22.3 Å². The van der Waals surface area contributed by atoms with Crippen LogP contribution < -0.4 is 0 Å². The molecule has 0 nitrogen and oxygen atoms in total. The summed E-state index contributed by atoms with van der Waals surface area (Å²) in [7, 11) is 0. The van der Waals surface area contributed by atoms with Crippen LogP contribution in [0.25, 0.3) is 65.3 Å². The number of hydrogen-bond donors (Lipinski definition) is 0. The van der Waals surface area contributed by atoms with Crippen molar-refractivity contribution in [2.24, 2.45) is 0 Å². The standard InChI is InChI=1S/C34H20S/c1-2-8-23-20-30-24(19-22(23)7-1)16-15-21-9-5-11-27(33(21)30)25-17-18-32-34-28(25)12-6-13-29(34)26-10-3-4-14-31(26)35-32/h1-20H. The summed E-state index contributed by atoms with van der Waals surface area (Å²) in [6.45, 7) is 0. The van der Waals surface area contributed by atoms with E-state index in [1.165, 1.54) is 75.1 Å². The highest BCUT2D eigenvalue weighted by molar-refractivity contribution is 7.99. The molecule has 8 rings (SSSR count). The molecule has 1 aliphatic heterocycles. The molecule has 1 heteroatoms. The molecule has 162 valence electrons. The fourth-order valence-electron chi connectivity index (χ4n) is 5.84. The van der Waals surface area contributed by atoms with Gasteiger partial charge in [0.15, 0.2) is 0 Å². The topological polar surface area (TPSA) is 0 Å². The molecule has 0 atom stereocenters. The van der Waals surface area contributed by atoms with Crippen molar-refractivity contribution in [3.05, 3.63) is 121 Å².